The molecule has 362 valence electrons. The summed E-state index contributed by atoms with van der Waals surface area (Å²) in [6.07, 6.45) is 8.69. The standard InChI is InChI=1S/C57H71N3O8/c1-11-13-27-55(5,6)31-32-57(9,10)58-33-35-68-53(66)60-43-26-24-37(45-47(43)51(64)41-22-17-15-20-39(41)49(45)62)36-23-25-42(46-44(36)48(61)38-19-14-16-21-40(38)50(46)63)59-52(65)67-34-18-28-56(7,8)30-29-54(3,4)12-2/h14-17,19-26,58H,11-13,18,27-35H2,1-10H3,(H,59,65)(H,60,66). The Bertz CT molecular complexity index is 2580. The third kappa shape index (κ3) is 12.0. The van der Waals surface area contributed by atoms with Gasteiger partial charge in [0.1, 0.15) is 6.61 Å². The van der Waals surface area contributed by atoms with Gasteiger partial charge in [-0.2, -0.15) is 0 Å². The summed E-state index contributed by atoms with van der Waals surface area (Å²) in [7, 11) is 0. The first kappa shape index (κ1) is 51.5. The van der Waals surface area contributed by atoms with Crippen LogP contribution in [0, 0.1) is 16.2 Å². The predicted molar refractivity (Wildman–Crippen MR) is 269 cm³/mol. The molecule has 2 aliphatic carbocycles. The highest BCUT2D eigenvalue weighted by Crippen LogP contribution is 2.44. The van der Waals surface area contributed by atoms with E-state index >= 15 is 0 Å². The van der Waals surface area contributed by atoms with Gasteiger partial charge >= 0.3 is 12.2 Å². The Morgan fingerprint density at radius 1 is 0.456 bits per heavy atom. The first-order valence-electron chi connectivity index (χ1n) is 24.4. The third-order valence-corrected chi connectivity index (χ3v) is 14.2. The molecule has 6 rings (SSSR count). The maximum absolute atomic E-state index is 14.6. The number of carbonyl (C=O) groups is 6. The minimum Gasteiger partial charge on any atom is -0.449 e. The molecule has 0 radical (unpaired) electrons. The molecule has 4 aromatic carbocycles. The second-order valence-corrected chi connectivity index (χ2v) is 21.6. The summed E-state index contributed by atoms with van der Waals surface area (Å²) in [4.78, 5) is 84.9. The number of amides is 2. The average molecular weight is 926 g/mol. The van der Waals surface area contributed by atoms with Crippen LogP contribution in [0.15, 0.2) is 72.8 Å². The third-order valence-electron chi connectivity index (χ3n) is 14.2. The number of anilines is 2. The van der Waals surface area contributed by atoms with Crippen LogP contribution in [-0.2, 0) is 9.47 Å². The molecule has 2 aliphatic rings. The first-order chi connectivity index (χ1) is 32.1. The Balaban J connectivity index is 1.27. The van der Waals surface area contributed by atoms with Crippen LogP contribution in [0.4, 0.5) is 21.0 Å². The van der Waals surface area contributed by atoms with Crippen LogP contribution in [0.1, 0.15) is 197 Å². The zero-order valence-corrected chi connectivity index (χ0v) is 41.9. The number of fused-ring (bicyclic) bond motifs is 4. The summed E-state index contributed by atoms with van der Waals surface area (Å²) in [5.74, 6) is -2.01. The molecule has 11 heteroatoms. The second kappa shape index (κ2) is 21.1. The van der Waals surface area contributed by atoms with Crippen molar-refractivity contribution in [3.8, 4) is 11.1 Å². The van der Waals surface area contributed by atoms with Crippen LogP contribution < -0.4 is 16.0 Å². The molecule has 0 saturated carbocycles. The molecule has 0 saturated heterocycles. The van der Waals surface area contributed by atoms with Crippen LogP contribution in [-0.4, -0.2) is 60.6 Å². The van der Waals surface area contributed by atoms with Crippen LogP contribution in [0.3, 0.4) is 0 Å². The van der Waals surface area contributed by atoms with E-state index in [-0.39, 0.29) is 102 Å². The number of ether oxygens (including phenoxy) is 2. The molecule has 0 fully saturated rings. The molecular weight excluding hydrogens is 855 g/mol. The molecule has 3 N–H and O–H groups in total. The molecule has 0 spiro atoms. The lowest BCUT2D eigenvalue weighted by atomic mass is 9.75. The molecule has 0 aliphatic heterocycles. The summed E-state index contributed by atoms with van der Waals surface area (Å²) in [6.45, 7) is 22.9. The van der Waals surface area contributed by atoms with E-state index in [9.17, 15) is 28.8 Å². The van der Waals surface area contributed by atoms with Gasteiger partial charge in [0, 0.05) is 45.5 Å². The fraction of sp³-hybridized carbons (Fsp3) is 0.474. The highest BCUT2D eigenvalue weighted by Gasteiger charge is 2.39. The highest BCUT2D eigenvalue weighted by molar-refractivity contribution is 6.35. The number of benzene rings is 4. The van der Waals surface area contributed by atoms with Gasteiger partial charge in [0.25, 0.3) is 0 Å². The predicted octanol–water partition coefficient (Wildman–Crippen LogP) is 13.4. The Morgan fingerprint density at radius 2 is 0.853 bits per heavy atom. The number of rotatable bonds is 21. The zero-order chi connectivity index (χ0) is 49.6. The van der Waals surface area contributed by atoms with Crippen molar-refractivity contribution in [2.45, 2.75) is 139 Å². The maximum Gasteiger partial charge on any atom is 0.411 e. The van der Waals surface area contributed by atoms with Gasteiger partial charge in [-0.3, -0.25) is 29.8 Å². The zero-order valence-electron chi connectivity index (χ0n) is 41.9. The molecule has 0 unspecified atom stereocenters. The summed E-state index contributed by atoms with van der Waals surface area (Å²) in [5, 5.41) is 8.94. The van der Waals surface area contributed by atoms with Crippen LogP contribution in [0.2, 0.25) is 0 Å². The Morgan fingerprint density at radius 3 is 1.29 bits per heavy atom. The minimum atomic E-state index is -0.809. The molecular formula is C57H71N3O8. The van der Waals surface area contributed by atoms with Crippen molar-refractivity contribution in [3.05, 3.63) is 117 Å². The molecule has 4 aromatic rings. The molecule has 11 nitrogen and oxygen atoms in total. The largest absolute Gasteiger partial charge is 0.449 e. The molecule has 2 amide bonds. The topological polar surface area (TPSA) is 157 Å². The van der Waals surface area contributed by atoms with Gasteiger partial charge in [-0.05, 0) is 98.3 Å². The van der Waals surface area contributed by atoms with Crippen molar-refractivity contribution >= 4 is 46.7 Å². The first-order valence-corrected chi connectivity index (χ1v) is 24.4. The van der Waals surface area contributed by atoms with E-state index in [0.29, 0.717) is 13.0 Å². The van der Waals surface area contributed by atoms with Gasteiger partial charge < -0.3 is 14.8 Å². The van der Waals surface area contributed by atoms with Crippen molar-refractivity contribution < 1.29 is 38.2 Å². The quantitative estimate of drug-likeness (QED) is 0.0598. The van der Waals surface area contributed by atoms with Gasteiger partial charge in [0.2, 0.25) is 0 Å². The molecule has 0 bridgehead atoms. The van der Waals surface area contributed by atoms with Crippen molar-refractivity contribution in [3.63, 3.8) is 0 Å². The summed E-state index contributed by atoms with van der Waals surface area (Å²) in [5.41, 5.74) is 1.32. The summed E-state index contributed by atoms with van der Waals surface area (Å²) >= 11 is 0. The maximum atomic E-state index is 14.6. The highest BCUT2D eigenvalue weighted by atomic mass is 16.6. The van der Waals surface area contributed by atoms with E-state index in [1.165, 1.54) is 31.4 Å². The number of nitrogens with one attached hydrogen (secondary N) is 3. The van der Waals surface area contributed by atoms with Gasteiger partial charge in [-0.1, -0.05) is 135 Å². The van der Waals surface area contributed by atoms with Crippen molar-refractivity contribution in [2.24, 2.45) is 16.2 Å². The van der Waals surface area contributed by atoms with E-state index in [1.54, 1.807) is 60.7 Å². The van der Waals surface area contributed by atoms with Crippen LogP contribution >= 0.6 is 0 Å². The lowest BCUT2D eigenvalue weighted by Crippen LogP contribution is -2.42. The van der Waals surface area contributed by atoms with Gasteiger partial charge in [-0.25, -0.2) is 9.59 Å². The van der Waals surface area contributed by atoms with E-state index in [4.69, 9.17) is 9.47 Å². The Labute approximate surface area is 402 Å². The minimum absolute atomic E-state index is 0.0374. The van der Waals surface area contributed by atoms with E-state index in [2.05, 4.69) is 85.2 Å². The van der Waals surface area contributed by atoms with E-state index < -0.39 is 35.3 Å². The number of hydrogen-bond acceptors (Lipinski definition) is 9. The van der Waals surface area contributed by atoms with Gasteiger partial charge in [0.05, 0.1) is 29.1 Å². The van der Waals surface area contributed by atoms with E-state index in [0.717, 1.165) is 38.5 Å². The normalized spacial score (nSPS) is 13.6. The monoisotopic (exact) mass is 926 g/mol. The number of ketones is 4. The lowest BCUT2D eigenvalue weighted by molar-refractivity contribution is 0.0978. The van der Waals surface area contributed by atoms with Gasteiger partial charge in [0.15, 0.2) is 23.1 Å². The Kier molecular flexibility index (Phi) is 16.0. The van der Waals surface area contributed by atoms with E-state index in [1.807, 2.05) is 0 Å². The summed E-state index contributed by atoms with van der Waals surface area (Å²) in [6, 6.07) is 19.0. The summed E-state index contributed by atoms with van der Waals surface area (Å²) < 4.78 is 11.2. The fourth-order valence-electron chi connectivity index (χ4n) is 9.14. The van der Waals surface area contributed by atoms with Crippen molar-refractivity contribution in [2.75, 3.05) is 30.4 Å². The van der Waals surface area contributed by atoms with Gasteiger partial charge in [-0.15, -0.1) is 0 Å². The second-order valence-electron chi connectivity index (χ2n) is 21.6. The SMILES string of the molecule is CCCCC(C)(C)CCC(C)(C)NCCOC(=O)Nc1ccc(-c2ccc(NC(=O)OCCCC(C)(C)CCC(C)(C)CC)c3c2C(=O)c2ccccc2C3=O)c2c1C(=O)c1ccccc1C2=O. The fourth-order valence-corrected chi connectivity index (χ4v) is 9.14. The smallest absolute Gasteiger partial charge is 0.411 e. The van der Waals surface area contributed by atoms with Crippen molar-refractivity contribution in [1.29, 1.82) is 0 Å². The molecule has 68 heavy (non-hydrogen) atoms. The number of carbonyl (C=O) groups excluding carboxylic acids is 6. The Hall–Kier alpha value is -5.94. The molecule has 0 heterocycles. The number of hydrogen-bond donors (Lipinski definition) is 3. The average Bonchev–Trinajstić information content (AvgIpc) is 3.31. The molecule has 0 aromatic heterocycles. The number of unbranched alkanes of at least 4 members (excludes halogenated alkanes) is 1. The van der Waals surface area contributed by atoms with Crippen molar-refractivity contribution in [1.82, 2.24) is 5.32 Å². The lowest BCUT2D eigenvalue weighted by Gasteiger charge is -2.32. The molecule has 0 atom stereocenters. The van der Waals surface area contributed by atoms with Crippen LogP contribution in [0.5, 0.6) is 0 Å². The van der Waals surface area contributed by atoms with Crippen LogP contribution in [0.25, 0.3) is 11.1 Å².